The molecular formula is C6H16O4P+. The molecular weight excluding hydrogens is 167 g/mol. The normalized spacial score (nSPS) is 12.0. The van der Waals surface area contributed by atoms with E-state index in [4.69, 9.17) is 19.4 Å². The minimum Gasteiger partial charge on any atom is -0.377 e. The number of hydrogen-bond donors (Lipinski definition) is 3. The molecule has 0 aliphatic rings. The monoisotopic (exact) mass is 183 g/mol. The summed E-state index contributed by atoms with van der Waals surface area (Å²) in [5, 5.41) is 0. The third-order valence-electron chi connectivity index (χ3n) is 1.18. The molecule has 0 aromatic rings. The number of hydrogen-bond acceptors (Lipinski definition) is 4. The molecule has 11 heavy (non-hydrogen) atoms. The average molecular weight is 183 g/mol. The summed E-state index contributed by atoms with van der Waals surface area (Å²) < 4.78 is 5.00. The van der Waals surface area contributed by atoms with Gasteiger partial charge in [-0.05, 0) is 6.42 Å². The van der Waals surface area contributed by atoms with E-state index in [-0.39, 0.29) is 12.8 Å². The molecule has 0 amide bonds. The highest BCUT2D eigenvalue weighted by Gasteiger charge is 2.28. The van der Waals surface area contributed by atoms with Gasteiger partial charge in [-0.1, -0.05) is 13.3 Å². The van der Waals surface area contributed by atoms with E-state index in [0.717, 1.165) is 12.8 Å². The zero-order valence-electron chi connectivity index (χ0n) is 6.73. The Hall–Kier alpha value is 0.270. The summed E-state index contributed by atoms with van der Waals surface area (Å²) >= 11 is 0. The molecule has 0 unspecified atom stereocenters. The average Bonchev–Trinajstić information content (AvgIpc) is 1.85. The van der Waals surface area contributed by atoms with Crippen molar-refractivity contribution in [2.24, 2.45) is 0 Å². The van der Waals surface area contributed by atoms with Crippen LogP contribution in [0, 0.1) is 0 Å². The van der Waals surface area contributed by atoms with Crippen LogP contribution in [0.5, 0.6) is 0 Å². The molecule has 3 N–H and O–H groups in total. The second kappa shape index (κ2) is 5.86. The maximum absolute atomic E-state index is 8.52. The van der Waals surface area contributed by atoms with E-state index in [1.54, 1.807) is 0 Å². The molecule has 0 heterocycles. The van der Waals surface area contributed by atoms with Gasteiger partial charge in [0.05, 0.1) is 6.61 Å². The Labute approximate surface area is 67.4 Å². The van der Waals surface area contributed by atoms with Crippen LogP contribution < -0.4 is 0 Å². The van der Waals surface area contributed by atoms with Crippen LogP contribution in [0.25, 0.3) is 0 Å². The van der Waals surface area contributed by atoms with Crippen molar-refractivity contribution >= 4 is 7.94 Å². The zero-order valence-corrected chi connectivity index (χ0v) is 7.63. The third-order valence-corrected chi connectivity index (χ3v) is 1.96. The van der Waals surface area contributed by atoms with E-state index < -0.39 is 7.94 Å². The van der Waals surface area contributed by atoms with Crippen molar-refractivity contribution in [3.8, 4) is 0 Å². The standard InChI is InChI=1S/C6H16O4P/c1-2-3-4-10-5-6-11(7,8)9/h7-9H,2-6H2,1H3/q+1. The molecule has 0 spiro atoms. The Kier molecular flexibility index (Phi) is 6.01. The summed E-state index contributed by atoms with van der Waals surface area (Å²) in [6, 6.07) is 0. The minimum atomic E-state index is -3.59. The van der Waals surface area contributed by atoms with Crippen LogP contribution >= 0.6 is 7.94 Å². The van der Waals surface area contributed by atoms with E-state index in [9.17, 15) is 0 Å². The highest BCUT2D eigenvalue weighted by Crippen LogP contribution is 2.43. The molecule has 5 heteroatoms. The Morgan fingerprint density at radius 2 is 1.82 bits per heavy atom. The molecule has 0 atom stereocenters. The van der Waals surface area contributed by atoms with Gasteiger partial charge in [-0.3, -0.25) is 0 Å². The van der Waals surface area contributed by atoms with Crippen LogP contribution in [-0.2, 0) is 4.74 Å². The number of unbranched alkanes of at least 4 members (excludes halogenated alkanes) is 1. The van der Waals surface area contributed by atoms with Gasteiger partial charge in [0.15, 0.2) is 6.16 Å². The maximum atomic E-state index is 8.52. The van der Waals surface area contributed by atoms with E-state index in [1.807, 2.05) is 6.92 Å². The fourth-order valence-corrected chi connectivity index (χ4v) is 0.910. The Bertz CT molecular complexity index is 91.1. The fraction of sp³-hybridized carbons (Fsp3) is 1.00. The summed E-state index contributed by atoms with van der Waals surface area (Å²) in [4.78, 5) is 25.5. The Morgan fingerprint density at radius 1 is 1.18 bits per heavy atom. The molecule has 0 aromatic carbocycles. The highest BCUT2D eigenvalue weighted by atomic mass is 31.2. The predicted octanol–water partition coefficient (Wildman–Crippen LogP) is 0.543. The van der Waals surface area contributed by atoms with Crippen molar-refractivity contribution in [3.63, 3.8) is 0 Å². The molecule has 0 bridgehead atoms. The molecule has 68 valence electrons. The lowest BCUT2D eigenvalue weighted by molar-refractivity contribution is 0.140. The van der Waals surface area contributed by atoms with Gasteiger partial charge in [-0.15, -0.1) is 0 Å². The molecule has 0 saturated heterocycles. The summed E-state index contributed by atoms with van der Waals surface area (Å²) in [7, 11) is -3.59. The first-order chi connectivity index (χ1) is 5.06. The summed E-state index contributed by atoms with van der Waals surface area (Å²) in [6.45, 7) is 2.89. The Balaban J connectivity index is 3.02. The predicted molar refractivity (Wildman–Crippen MR) is 44.2 cm³/mol. The van der Waals surface area contributed by atoms with E-state index in [2.05, 4.69) is 0 Å². The van der Waals surface area contributed by atoms with Gasteiger partial charge >= 0.3 is 7.94 Å². The summed E-state index contributed by atoms with van der Waals surface area (Å²) in [5.41, 5.74) is 0. The molecule has 0 saturated carbocycles. The van der Waals surface area contributed by atoms with Crippen molar-refractivity contribution in [2.45, 2.75) is 19.8 Å². The first-order valence-electron chi connectivity index (χ1n) is 3.70. The third kappa shape index (κ3) is 10.3. The van der Waals surface area contributed by atoms with Gasteiger partial charge in [0.25, 0.3) is 0 Å². The van der Waals surface area contributed by atoms with Crippen LogP contribution in [-0.4, -0.2) is 34.1 Å². The highest BCUT2D eigenvalue weighted by molar-refractivity contribution is 7.58. The topological polar surface area (TPSA) is 69.9 Å². The van der Waals surface area contributed by atoms with Crippen molar-refractivity contribution in [2.75, 3.05) is 19.4 Å². The first kappa shape index (κ1) is 11.3. The van der Waals surface area contributed by atoms with Gasteiger partial charge < -0.3 is 4.74 Å². The molecule has 0 fully saturated rings. The second-order valence-corrected chi connectivity index (χ2v) is 4.21. The second-order valence-electron chi connectivity index (χ2n) is 2.38. The van der Waals surface area contributed by atoms with E-state index in [1.165, 1.54) is 0 Å². The lowest BCUT2D eigenvalue weighted by Crippen LogP contribution is -2.05. The van der Waals surface area contributed by atoms with Crippen LogP contribution in [0.15, 0.2) is 0 Å². The van der Waals surface area contributed by atoms with Crippen LogP contribution in [0.2, 0.25) is 0 Å². The maximum Gasteiger partial charge on any atom is 0.406 e. The number of rotatable bonds is 6. The summed E-state index contributed by atoms with van der Waals surface area (Å²) in [6.07, 6.45) is 1.96. The van der Waals surface area contributed by atoms with Crippen LogP contribution in [0.3, 0.4) is 0 Å². The zero-order chi connectivity index (χ0) is 8.74. The first-order valence-corrected chi connectivity index (χ1v) is 5.53. The van der Waals surface area contributed by atoms with Gasteiger partial charge in [-0.2, -0.15) is 14.7 Å². The smallest absolute Gasteiger partial charge is 0.377 e. The van der Waals surface area contributed by atoms with Crippen LogP contribution in [0.4, 0.5) is 0 Å². The SMILES string of the molecule is CCCCOCC[P+](O)(O)O. The molecule has 4 nitrogen and oxygen atoms in total. The van der Waals surface area contributed by atoms with Gasteiger partial charge in [0.1, 0.15) is 0 Å². The summed E-state index contributed by atoms with van der Waals surface area (Å²) in [5.74, 6) is 0. The van der Waals surface area contributed by atoms with Gasteiger partial charge in [0, 0.05) is 6.61 Å². The quantitative estimate of drug-likeness (QED) is 0.415. The van der Waals surface area contributed by atoms with E-state index >= 15 is 0 Å². The van der Waals surface area contributed by atoms with E-state index in [0.29, 0.717) is 6.61 Å². The van der Waals surface area contributed by atoms with Crippen molar-refractivity contribution < 1.29 is 19.4 Å². The largest absolute Gasteiger partial charge is 0.406 e. The molecule has 0 aromatic heterocycles. The Morgan fingerprint density at radius 3 is 2.27 bits per heavy atom. The number of ether oxygens (including phenoxy) is 1. The molecule has 0 rings (SSSR count). The van der Waals surface area contributed by atoms with Gasteiger partial charge in [0.2, 0.25) is 0 Å². The van der Waals surface area contributed by atoms with Crippen molar-refractivity contribution in [1.29, 1.82) is 0 Å². The molecule has 0 aliphatic carbocycles. The molecule has 0 aliphatic heterocycles. The molecule has 0 radical (unpaired) electrons. The van der Waals surface area contributed by atoms with Crippen molar-refractivity contribution in [3.05, 3.63) is 0 Å². The van der Waals surface area contributed by atoms with Crippen LogP contribution in [0.1, 0.15) is 19.8 Å². The fourth-order valence-electron chi connectivity index (χ4n) is 0.535. The van der Waals surface area contributed by atoms with Gasteiger partial charge in [-0.25, -0.2) is 0 Å². The minimum absolute atomic E-state index is 0.0588. The lowest BCUT2D eigenvalue weighted by Gasteiger charge is -2.04. The lowest BCUT2D eigenvalue weighted by atomic mass is 10.4. The van der Waals surface area contributed by atoms with Crippen molar-refractivity contribution in [1.82, 2.24) is 0 Å².